The summed E-state index contributed by atoms with van der Waals surface area (Å²) in [4.78, 5) is 20.3. The van der Waals surface area contributed by atoms with Gasteiger partial charge in [-0.15, -0.1) is 0 Å². The van der Waals surface area contributed by atoms with Crippen LogP contribution in [0.2, 0.25) is 0 Å². The Kier molecular flexibility index (Phi) is 7.48. The number of alkyl halides is 2. The van der Waals surface area contributed by atoms with Gasteiger partial charge < -0.3 is 19.7 Å². The maximum absolute atomic E-state index is 13.0. The number of nitrogens with one attached hydrogen (secondary N) is 1. The SMILES string of the molecule is CC(C)(C)OC(=O)N[C@H]1CC[C@H](CCN2CCc3nc(OC4CC(F)(F)C4)sc3CC2)CC1. The molecule has 0 saturated heterocycles. The number of nitrogens with zero attached hydrogens (tertiary/aromatic N) is 2. The maximum atomic E-state index is 13.0. The number of carbonyl (C=O) groups excluding carboxylic acids is 1. The average Bonchev–Trinajstić information content (AvgIpc) is 2.97. The zero-order chi connectivity index (χ0) is 23.6. The fourth-order valence-electron chi connectivity index (χ4n) is 4.93. The molecule has 186 valence electrons. The van der Waals surface area contributed by atoms with Crippen molar-refractivity contribution in [3.8, 4) is 5.19 Å². The molecular weight excluding hydrogens is 448 g/mol. The lowest BCUT2D eigenvalue weighted by molar-refractivity contribution is -0.134. The first-order chi connectivity index (χ1) is 15.5. The lowest BCUT2D eigenvalue weighted by Gasteiger charge is -2.33. The van der Waals surface area contributed by atoms with Crippen molar-refractivity contribution in [3.63, 3.8) is 0 Å². The highest BCUT2D eigenvalue weighted by atomic mass is 32.1. The number of hydrogen-bond donors (Lipinski definition) is 1. The summed E-state index contributed by atoms with van der Waals surface area (Å²) < 4.78 is 37.1. The van der Waals surface area contributed by atoms with E-state index in [-0.39, 0.29) is 31.1 Å². The second kappa shape index (κ2) is 10.0. The highest BCUT2D eigenvalue weighted by Gasteiger charge is 2.47. The van der Waals surface area contributed by atoms with Crippen molar-refractivity contribution < 1.29 is 23.0 Å². The molecule has 2 saturated carbocycles. The van der Waals surface area contributed by atoms with Crippen LogP contribution < -0.4 is 10.1 Å². The average molecular weight is 486 g/mol. The number of aromatic nitrogens is 1. The summed E-state index contributed by atoms with van der Waals surface area (Å²) in [5.74, 6) is -1.86. The molecule has 0 bridgehead atoms. The molecule has 0 spiro atoms. The predicted molar refractivity (Wildman–Crippen MR) is 124 cm³/mol. The van der Waals surface area contributed by atoms with Crippen molar-refractivity contribution in [2.45, 2.75) is 102 Å². The Bertz CT molecular complexity index is 785. The van der Waals surface area contributed by atoms with E-state index >= 15 is 0 Å². The summed E-state index contributed by atoms with van der Waals surface area (Å²) in [6.07, 6.45) is 6.26. The highest BCUT2D eigenvalue weighted by molar-refractivity contribution is 7.13. The zero-order valence-corrected chi connectivity index (χ0v) is 20.8. The van der Waals surface area contributed by atoms with E-state index in [9.17, 15) is 13.6 Å². The molecule has 1 N–H and O–H groups in total. The number of alkyl carbamates (subject to hydrolysis) is 1. The summed E-state index contributed by atoms with van der Waals surface area (Å²) in [5.41, 5.74) is 0.619. The van der Waals surface area contributed by atoms with Gasteiger partial charge >= 0.3 is 6.09 Å². The Hall–Kier alpha value is -1.48. The lowest BCUT2D eigenvalue weighted by atomic mass is 9.84. The van der Waals surface area contributed by atoms with Crippen molar-refractivity contribution in [3.05, 3.63) is 10.6 Å². The number of thiazole rings is 1. The summed E-state index contributed by atoms with van der Waals surface area (Å²) in [5, 5.41) is 3.58. The number of hydrogen-bond acceptors (Lipinski definition) is 6. The first kappa shape index (κ1) is 24.6. The molecule has 2 aliphatic carbocycles. The summed E-state index contributed by atoms with van der Waals surface area (Å²) >= 11 is 1.53. The molecule has 9 heteroatoms. The number of fused-ring (bicyclic) bond motifs is 1. The first-order valence-electron chi connectivity index (χ1n) is 12.3. The number of halogens is 2. The van der Waals surface area contributed by atoms with Crippen molar-refractivity contribution in [1.29, 1.82) is 0 Å². The predicted octanol–water partition coefficient (Wildman–Crippen LogP) is 5.19. The van der Waals surface area contributed by atoms with Crippen LogP contribution in [0.25, 0.3) is 0 Å². The molecule has 0 aromatic carbocycles. The molecule has 0 atom stereocenters. The molecule has 6 nitrogen and oxygen atoms in total. The van der Waals surface area contributed by atoms with Gasteiger partial charge in [-0.25, -0.2) is 18.6 Å². The van der Waals surface area contributed by atoms with Crippen LogP contribution >= 0.6 is 11.3 Å². The number of carbonyl (C=O) groups is 1. The Labute approximate surface area is 199 Å². The summed E-state index contributed by atoms with van der Waals surface area (Å²) in [6.45, 7) is 8.72. The molecule has 3 aliphatic rings. The van der Waals surface area contributed by atoms with E-state index in [0.717, 1.165) is 63.9 Å². The molecule has 2 heterocycles. The van der Waals surface area contributed by atoms with E-state index in [1.807, 2.05) is 20.8 Å². The van der Waals surface area contributed by atoms with E-state index in [4.69, 9.17) is 9.47 Å². The molecule has 0 radical (unpaired) electrons. The van der Waals surface area contributed by atoms with Gasteiger partial charge in [0.1, 0.15) is 11.7 Å². The first-order valence-corrected chi connectivity index (χ1v) is 13.1. The Morgan fingerprint density at radius 1 is 1.18 bits per heavy atom. The number of amides is 1. The third kappa shape index (κ3) is 7.25. The van der Waals surface area contributed by atoms with Gasteiger partial charge in [0.2, 0.25) is 0 Å². The number of ether oxygens (including phenoxy) is 2. The van der Waals surface area contributed by atoms with Gasteiger partial charge in [-0.3, -0.25) is 0 Å². The molecule has 1 aromatic rings. The van der Waals surface area contributed by atoms with Crippen molar-refractivity contribution in [2.75, 3.05) is 19.6 Å². The van der Waals surface area contributed by atoms with E-state index in [0.29, 0.717) is 11.1 Å². The van der Waals surface area contributed by atoms with Gasteiger partial charge in [-0.1, -0.05) is 11.3 Å². The molecule has 0 unspecified atom stereocenters. The second-order valence-electron chi connectivity index (χ2n) is 10.8. The van der Waals surface area contributed by atoms with E-state index in [2.05, 4.69) is 15.2 Å². The van der Waals surface area contributed by atoms with Crippen LogP contribution in [0.4, 0.5) is 13.6 Å². The molecule has 1 amide bonds. The van der Waals surface area contributed by atoms with Gasteiger partial charge in [0.05, 0.1) is 5.69 Å². The van der Waals surface area contributed by atoms with Crippen LogP contribution in [0.5, 0.6) is 5.19 Å². The number of rotatable bonds is 6. The standard InChI is InChI=1S/C24H37F2N3O3S/c1-23(2,3)32-21(30)27-17-6-4-16(5-7-17)8-11-29-12-9-19-20(10-13-29)33-22(28-19)31-18-14-24(25,26)15-18/h16-18H,4-15H2,1-3H3,(H,27,30)/t16-,17-. The van der Waals surface area contributed by atoms with Gasteiger partial charge in [-0.05, 0) is 71.8 Å². The van der Waals surface area contributed by atoms with Gasteiger partial charge in [-0.2, -0.15) is 0 Å². The normalized spacial score (nSPS) is 26.1. The fourth-order valence-corrected chi connectivity index (χ4v) is 5.94. The zero-order valence-electron chi connectivity index (χ0n) is 20.0. The molecule has 4 rings (SSSR count). The maximum Gasteiger partial charge on any atom is 0.407 e. The van der Waals surface area contributed by atoms with Crippen LogP contribution in [0.3, 0.4) is 0 Å². The Balaban J connectivity index is 1.14. The lowest BCUT2D eigenvalue weighted by Crippen LogP contribution is -2.43. The molecule has 33 heavy (non-hydrogen) atoms. The third-order valence-electron chi connectivity index (χ3n) is 6.82. The van der Waals surface area contributed by atoms with Crippen LogP contribution in [0.15, 0.2) is 0 Å². The molecule has 1 aromatic heterocycles. The van der Waals surface area contributed by atoms with E-state index in [1.54, 1.807) is 0 Å². The van der Waals surface area contributed by atoms with Crippen molar-refractivity contribution >= 4 is 17.4 Å². The summed E-state index contributed by atoms with van der Waals surface area (Å²) in [6, 6.07) is 0.221. The van der Waals surface area contributed by atoms with Crippen molar-refractivity contribution in [1.82, 2.24) is 15.2 Å². The minimum absolute atomic E-state index is 0.190. The minimum Gasteiger partial charge on any atom is -0.466 e. The topological polar surface area (TPSA) is 63.7 Å². The highest BCUT2D eigenvalue weighted by Crippen LogP contribution is 2.41. The van der Waals surface area contributed by atoms with Crippen LogP contribution in [0.1, 0.15) is 76.3 Å². The Morgan fingerprint density at radius 3 is 2.55 bits per heavy atom. The quantitative estimate of drug-likeness (QED) is 0.601. The largest absolute Gasteiger partial charge is 0.466 e. The van der Waals surface area contributed by atoms with E-state index in [1.165, 1.54) is 22.6 Å². The fraction of sp³-hybridized carbons (Fsp3) is 0.833. The van der Waals surface area contributed by atoms with E-state index < -0.39 is 11.5 Å². The summed E-state index contributed by atoms with van der Waals surface area (Å²) in [7, 11) is 0. The monoisotopic (exact) mass is 485 g/mol. The van der Waals surface area contributed by atoms with Gasteiger partial charge in [0.25, 0.3) is 11.1 Å². The van der Waals surface area contributed by atoms with Crippen molar-refractivity contribution in [2.24, 2.45) is 5.92 Å². The van der Waals surface area contributed by atoms with Crippen LogP contribution in [0, 0.1) is 5.92 Å². The minimum atomic E-state index is -2.56. The van der Waals surface area contributed by atoms with Crippen LogP contribution in [-0.2, 0) is 17.6 Å². The van der Waals surface area contributed by atoms with Crippen LogP contribution in [-0.4, -0.2) is 59.3 Å². The van der Waals surface area contributed by atoms with Gasteiger partial charge in [0.15, 0.2) is 0 Å². The molecular formula is C24H37F2N3O3S. The molecule has 2 fully saturated rings. The second-order valence-corrected chi connectivity index (χ2v) is 11.9. The Morgan fingerprint density at radius 2 is 1.88 bits per heavy atom. The van der Waals surface area contributed by atoms with Gasteiger partial charge in [0, 0.05) is 43.3 Å². The third-order valence-corrected chi connectivity index (χ3v) is 7.87. The molecule has 1 aliphatic heterocycles. The smallest absolute Gasteiger partial charge is 0.407 e.